The monoisotopic (exact) mass is 561 g/mol. The normalized spacial score (nSPS) is 20.9. The summed E-state index contributed by atoms with van der Waals surface area (Å²) in [4.78, 5) is 33.7. The molecule has 2 aliphatic rings. The Balaban J connectivity index is 0.000000212. The fourth-order valence-corrected chi connectivity index (χ4v) is 5.71. The van der Waals surface area contributed by atoms with Crippen molar-refractivity contribution in [3.63, 3.8) is 0 Å². The Labute approximate surface area is 237 Å². The summed E-state index contributed by atoms with van der Waals surface area (Å²) < 4.78 is 16.9. The largest absolute Gasteiger partial charge is 0.475 e. The maximum Gasteiger partial charge on any atom is 0.371 e. The number of benzene rings is 1. The molecule has 40 heavy (non-hydrogen) atoms. The molecule has 1 aromatic heterocycles. The van der Waals surface area contributed by atoms with Gasteiger partial charge in [-0.1, -0.05) is 45.4 Å². The molecule has 4 atom stereocenters. The molecule has 0 radical (unpaired) electrons. The van der Waals surface area contributed by atoms with Crippen LogP contribution in [0, 0.1) is 17.8 Å². The van der Waals surface area contributed by atoms with Gasteiger partial charge in [-0.15, -0.1) is 0 Å². The first-order chi connectivity index (χ1) is 19.2. The molecule has 4 rings (SSSR count). The van der Waals surface area contributed by atoms with E-state index >= 15 is 0 Å². The molecule has 4 unspecified atom stereocenters. The van der Waals surface area contributed by atoms with Crippen molar-refractivity contribution in [1.29, 1.82) is 0 Å². The number of hydrogen-bond donors (Lipinski definition) is 3. The molecular formula is C31H48FN3O5. The van der Waals surface area contributed by atoms with E-state index in [9.17, 15) is 18.8 Å². The smallest absolute Gasteiger partial charge is 0.371 e. The number of rotatable bonds is 11. The van der Waals surface area contributed by atoms with Crippen LogP contribution in [-0.2, 0) is 9.59 Å². The average molecular weight is 562 g/mol. The van der Waals surface area contributed by atoms with Crippen LogP contribution in [0.4, 0.5) is 10.1 Å². The highest BCUT2D eigenvalue weighted by Crippen LogP contribution is 2.37. The van der Waals surface area contributed by atoms with Crippen LogP contribution in [0.15, 0.2) is 28.7 Å². The number of carboxylic acid groups (broad SMARTS) is 1. The maximum atomic E-state index is 11.9. The molecule has 1 aromatic carbocycles. The van der Waals surface area contributed by atoms with Crippen LogP contribution >= 0.6 is 0 Å². The summed E-state index contributed by atoms with van der Waals surface area (Å²) >= 11 is 0. The molecule has 224 valence electrons. The van der Waals surface area contributed by atoms with E-state index in [1.807, 2.05) is 6.92 Å². The molecule has 1 aliphatic carbocycles. The van der Waals surface area contributed by atoms with Gasteiger partial charge in [0.1, 0.15) is 18.5 Å². The number of nitrogens with zero attached hydrogens (tertiary/aromatic N) is 1. The van der Waals surface area contributed by atoms with Gasteiger partial charge in [0.15, 0.2) is 0 Å². The second-order valence-corrected chi connectivity index (χ2v) is 11.2. The number of carbonyl (C=O) groups is 3. The minimum absolute atomic E-state index is 0.117. The highest BCUT2D eigenvalue weighted by atomic mass is 19.1. The van der Waals surface area contributed by atoms with Crippen molar-refractivity contribution in [2.24, 2.45) is 23.5 Å². The first kappa shape index (κ1) is 33.4. The molecule has 2 heterocycles. The fraction of sp³-hybridized carbons (Fsp3) is 0.645. The summed E-state index contributed by atoms with van der Waals surface area (Å²) in [6.45, 7) is 5.28. The van der Waals surface area contributed by atoms with Crippen LogP contribution in [-0.4, -0.2) is 61.0 Å². The van der Waals surface area contributed by atoms with Crippen molar-refractivity contribution in [3.8, 4) is 0 Å². The zero-order valence-corrected chi connectivity index (χ0v) is 24.3. The maximum absolute atomic E-state index is 11.9. The topological polar surface area (TPSA) is 126 Å². The fourth-order valence-electron chi connectivity index (χ4n) is 5.71. The van der Waals surface area contributed by atoms with Crippen molar-refractivity contribution < 1.29 is 28.3 Å². The summed E-state index contributed by atoms with van der Waals surface area (Å²) in [6, 6.07) is 6.80. The van der Waals surface area contributed by atoms with Crippen LogP contribution in [0.25, 0.3) is 11.0 Å². The summed E-state index contributed by atoms with van der Waals surface area (Å²) in [7, 11) is 2.29. The number of fused-ring (bicyclic) bond motifs is 1. The lowest BCUT2D eigenvalue weighted by molar-refractivity contribution is -0.111. The predicted octanol–water partition coefficient (Wildman–Crippen LogP) is 6.28. The Morgan fingerprint density at radius 1 is 1.20 bits per heavy atom. The molecule has 8 nitrogen and oxygen atoms in total. The second-order valence-electron chi connectivity index (χ2n) is 11.2. The Hall–Kier alpha value is -2.78. The van der Waals surface area contributed by atoms with Gasteiger partial charge < -0.3 is 30.3 Å². The molecule has 1 saturated carbocycles. The van der Waals surface area contributed by atoms with Gasteiger partial charge in [0.25, 0.3) is 0 Å². The SMILES string of the molecule is CC1C(C2CCCCC2)CCN1C.CCC(C=O)CCCC(N)CF.O=CNc1ccc2oc(C(=O)O)cc2c1. The molecule has 9 heteroatoms. The van der Waals surface area contributed by atoms with Gasteiger partial charge in [0.2, 0.25) is 12.2 Å². The number of furan rings is 1. The first-order valence-electron chi connectivity index (χ1n) is 14.7. The molecule has 0 spiro atoms. The van der Waals surface area contributed by atoms with Crippen molar-refractivity contribution >= 4 is 35.3 Å². The molecule has 1 aliphatic heterocycles. The van der Waals surface area contributed by atoms with E-state index in [1.54, 1.807) is 18.2 Å². The highest BCUT2D eigenvalue weighted by molar-refractivity contribution is 5.93. The predicted molar refractivity (Wildman–Crippen MR) is 157 cm³/mol. The van der Waals surface area contributed by atoms with E-state index in [0.717, 1.165) is 43.4 Å². The molecule has 1 saturated heterocycles. The van der Waals surface area contributed by atoms with Crippen LogP contribution < -0.4 is 11.1 Å². The number of nitrogens with two attached hydrogens (primary N) is 1. The van der Waals surface area contributed by atoms with E-state index in [0.29, 0.717) is 29.5 Å². The van der Waals surface area contributed by atoms with E-state index in [4.69, 9.17) is 15.3 Å². The average Bonchev–Trinajstić information content (AvgIpc) is 3.55. The van der Waals surface area contributed by atoms with Gasteiger partial charge in [-0.05, 0) is 82.3 Å². The Bertz CT molecular complexity index is 1040. The Kier molecular flexibility index (Phi) is 14.9. The number of carboxylic acids is 1. The number of halogens is 1. The van der Waals surface area contributed by atoms with E-state index in [1.165, 1.54) is 51.1 Å². The summed E-state index contributed by atoms with van der Waals surface area (Å²) in [5.74, 6) is 0.986. The zero-order valence-electron chi connectivity index (χ0n) is 24.3. The molecule has 2 aromatic rings. The number of hydrogen-bond acceptors (Lipinski definition) is 6. The van der Waals surface area contributed by atoms with Gasteiger partial charge in [-0.3, -0.25) is 4.79 Å². The summed E-state index contributed by atoms with van der Waals surface area (Å²) in [6.07, 6.45) is 13.8. The van der Waals surface area contributed by atoms with Gasteiger partial charge in [-0.25, -0.2) is 9.18 Å². The van der Waals surface area contributed by atoms with Crippen molar-refractivity contribution in [1.82, 2.24) is 4.90 Å². The minimum Gasteiger partial charge on any atom is -0.475 e. The Morgan fingerprint density at radius 2 is 1.93 bits per heavy atom. The molecule has 4 N–H and O–H groups in total. The number of aromatic carboxylic acids is 1. The number of amides is 1. The van der Waals surface area contributed by atoms with Crippen molar-refractivity contribution in [2.75, 3.05) is 25.6 Å². The van der Waals surface area contributed by atoms with E-state index in [2.05, 4.69) is 24.2 Å². The lowest BCUT2D eigenvalue weighted by atomic mass is 9.77. The van der Waals surface area contributed by atoms with E-state index < -0.39 is 12.6 Å². The van der Waals surface area contributed by atoms with Gasteiger partial charge in [-0.2, -0.15) is 0 Å². The van der Waals surface area contributed by atoms with Gasteiger partial charge in [0.05, 0.1) is 0 Å². The lowest BCUT2D eigenvalue weighted by Crippen LogP contribution is -2.30. The quantitative estimate of drug-likeness (QED) is 0.275. The van der Waals surface area contributed by atoms with Crippen LogP contribution in [0.1, 0.15) is 88.6 Å². The zero-order chi connectivity index (χ0) is 29.5. The van der Waals surface area contributed by atoms with E-state index in [-0.39, 0.29) is 17.7 Å². The third-order valence-corrected chi connectivity index (χ3v) is 8.40. The Morgan fingerprint density at radius 3 is 2.48 bits per heavy atom. The van der Waals surface area contributed by atoms with Crippen LogP contribution in [0.3, 0.4) is 0 Å². The number of likely N-dealkylation sites (tertiary alicyclic amines) is 1. The molecule has 1 amide bonds. The second kappa shape index (κ2) is 17.8. The molecular weight excluding hydrogens is 513 g/mol. The number of alkyl halides is 1. The molecule has 2 fully saturated rings. The van der Waals surface area contributed by atoms with Gasteiger partial charge >= 0.3 is 5.97 Å². The number of carbonyl (C=O) groups excluding carboxylic acids is 2. The van der Waals surface area contributed by atoms with Crippen molar-refractivity contribution in [2.45, 2.75) is 90.1 Å². The minimum atomic E-state index is -1.11. The van der Waals surface area contributed by atoms with Crippen LogP contribution in [0.2, 0.25) is 0 Å². The number of aldehydes is 1. The number of anilines is 1. The standard InChI is InChI=1S/C12H23N.C10H7NO4.C9H18FNO/c1-10-12(8-9-13(10)2)11-6-4-3-5-7-11;12-5-11-7-1-2-8-6(3-7)4-9(15-8)10(13)14;1-2-8(7-12)4-3-5-9(11)6-10/h10-12H,3-9H2,1-2H3;1-5H,(H,11,12)(H,13,14);7-9H,2-6,11H2,1H3. The van der Waals surface area contributed by atoms with Gasteiger partial charge in [0, 0.05) is 29.1 Å². The van der Waals surface area contributed by atoms with Crippen molar-refractivity contribution in [3.05, 3.63) is 30.0 Å². The first-order valence-corrected chi connectivity index (χ1v) is 14.7. The summed E-state index contributed by atoms with van der Waals surface area (Å²) in [5.41, 5.74) is 6.45. The molecule has 0 bridgehead atoms. The summed E-state index contributed by atoms with van der Waals surface area (Å²) in [5, 5.41) is 11.8. The lowest BCUT2D eigenvalue weighted by Gasteiger charge is -2.31. The van der Waals surface area contributed by atoms with Crippen LogP contribution in [0.5, 0.6) is 0 Å². The highest BCUT2D eigenvalue weighted by Gasteiger charge is 2.34. The number of nitrogens with one attached hydrogen (secondary N) is 1. The third-order valence-electron chi connectivity index (χ3n) is 8.40. The third kappa shape index (κ3) is 10.7.